The third-order valence-corrected chi connectivity index (χ3v) is 2.98. The molecule has 1 aromatic rings. The summed E-state index contributed by atoms with van der Waals surface area (Å²) in [5.74, 6) is 1.15. The van der Waals surface area contributed by atoms with Crippen molar-refractivity contribution in [3.63, 3.8) is 0 Å². The van der Waals surface area contributed by atoms with Crippen LogP contribution in [0.3, 0.4) is 0 Å². The molecule has 9 heteroatoms. The van der Waals surface area contributed by atoms with E-state index < -0.39 is 6.03 Å². The van der Waals surface area contributed by atoms with Crippen molar-refractivity contribution >= 4 is 29.3 Å². The van der Waals surface area contributed by atoms with Gasteiger partial charge in [0.1, 0.15) is 5.69 Å². The highest BCUT2D eigenvalue weighted by Gasteiger charge is 2.25. The number of urea groups is 1. The van der Waals surface area contributed by atoms with Gasteiger partial charge in [0.2, 0.25) is 12.5 Å². The lowest BCUT2D eigenvalue weighted by Gasteiger charge is -2.14. The Kier molecular flexibility index (Phi) is 4.27. The molecule has 21 heavy (non-hydrogen) atoms. The number of methoxy groups -OCH3 is 1. The Balaban J connectivity index is 2.32. The van der Waals surface area contributed by atoms with Gasteiger partial charge in [-0.15, -0.1) is 0 Å². The van der Waals surface area contributed by atoms with Crippen LogP contribution in [0.2, 0.25) is 5.02 Å². The summed E-state index contributed by atoms with van der Waals surface area (Å²) in [7, 11) is 4.77. The molecule has 0 unspecified atom stereocenters. The summed E-state index contributed by atoms with van der Waals surface area (Å²) < 4.78 is 15.7. The van der Waals surface area contributed by atoms with Gasteiger partial charge in [-0.05, 0) is 0 Å². The molecule has 0 fully saturated rings. The molecular formula is C12H15ClN4O4. The van der Waals surface area contributed by atoms with Crippen LogP contribution in [0.5, 0.6) is 17.2 Å². The van der Waals surface area contributed by atoms with Gasteiger partial charge in [0.25, 0.3) is 0 Å². The van der Waals surface area contributed by atoms with E-state index in [0.717, 1.165) is 0 Å². The van der Waals surface area contributed by atoms with Crippen molar-refractivity contribution < 1.29 is 19.0 Å². The zero-order valence-electron chi connectivity index (χ0n) is 11.8. The number of anilines is 1. The van der Waals surface area contributed by atoms with E-state index in [-0.39, 0.29) is 29.2 Å². The van der Waals surface area contributed by atoms with Crippen molar-refractivity contribution in [2.24, 2.45) is 10.7 Å². The smallest absolute Gasteiger partial charge is 0.348 e. The molecule has 0 saturated carbocycles. The highest BCUT2D eigenvalue weighted by molar-refractivity contribution is 6.34. The number of nitrogens with one attached hydrogen (secondary N) is 1. The lowest BCUT2D eigenvalue weighted by atomic mass is 10.2. The number of amides is 2. The number of guanidine groups is 1. The van der Waals surface area contributed by atoms with Crippen molar-refractivity contribution in [2.45, 2.75) is 0 Å². The molecule has 0 atom stereocenters. The summed E-state index contributed by atoms with van der Waals surface area (Å²) in [6.07, 6.45) is 0. The van der Waals surface area contributed by atoms with Crippen LogP contribution in [0, 0.1) is 0 Å². The number of aliphatic imine (C=N–C) groups is 1. The highest BCUT2D eigenvalue weighted by atomic mass is 35.5. The van der Waals surface area contributed by atoms with Gasteiger partial charge < -0.3 is 30.2 Å². The lowest BCUT2D eigenvalue weighted by molar-refractivity contribution is 0.171. The first-order valence-corrected chi connectivity index (χ1v) is 6.30. The van der Waals surface area contributed by atoms with Crippen LogP contribution >= 0.6 is 11.6 Å². The molecule has 0 spiro atoms. The van der Waals surface area contributed by atoms with Crippen LogP contribution in [-0.4, -0.2) is 44.9 Å². The van der Waals surface area contributed by atoms with E-state index in [1.165, 1.54) is 18.1 Å². The fraction of sp³-hybridized carbons (Fsp3) is 0.333. The van der Waals surface area contributed by atoms with Gasteiger partial charge in [0, 0.05) is 20.2 Å². The molecule has 1 heterocycles. The van der Waals surface area contributed by atoms with Gasteiger partial charge >= 0.3 is 6.03 Å². The van der Waals surface area contributed by atoms with E-state index in [2.05, 4.69) is 10.3 Å². The molecule has 2 rings (SSSR count). The van der Waals surface area contributed by atoms with Crippen molar-refractivity contribution in [2.75, 3.05) is 33.3 Å². The molecule has 3 N–H and O–H groups in total. The van der Waals surface area contributed by atoms with E-state index in [0.29, 0.717) is 11.5 Å². The Labute approximate surface area is 126 Å². The van der Waals surface area contributed by atoms with Crippen molar-refractivity contribution in [1.82, 2.24) is 4.90 Å². The van der Waals surface area contributed by atoms with Crippen LogP contribution in [-0.2, 0) is 0 Å². The highest BCUT2D eigenvalue weighted by Crippen LogP contribution is 2.49. The van der Waals surface area contributed by atoms with Gasteiger partial charge in [-0.25, -0.2) is 4.79 Å². The van der Waals surface area contributed by atoms with Crippen LogP contribution in [0.1, 0.15) is 0 Å². The standard InChI is InChI=1S/C12H15ClN4O4/c1-17(2)11(14)16-12(18)15-8-6(13)4-7-9(10(8)19-3)21-5-20-7/h4H,5H2,1-3H3,(H3,14,15,16,18). The summed E-state index contributed by atoms with van der Waals surface area (Å²) in [4.78, 5) is 17.0. The second-order valence-corrected chi connectivity index (χ2v) is 4.70. The van der Waals surface area contributed by atoms with Gasteiger partial charge in [-0.2, -0.15) is 4.99 Å². The molecule has 0 radical (unpaired) electrons. The predicted octanol–water partition coefficient (Wildman–Crippen LogP) is 1.49. The average molecular weight is 315 g/mol. The minimum atomic E-state index is -0.680. The number of carbonyl (C=O) groups is 1. The maximum Gasteiger partial charge on any atom is 0.348 e. The number of carbonyl (C=O) groups excluding carboxylic acids is 1. The summed E-state index contributed by atoms with van der Waals surface area (Å²) >= 11 is 6.11. The maximum absolute atomic E-state index is 11.9. The zero-order valence-corrected chi connectivity index (χ0v) is 12.5. The zero-order chi connectivity index (χ0) is 15.6. The summed E-state index contributed by atoms with van der Waals surface area (Å²) in [5.41, 5.74) is 5.82. The average Bonchev–Trinajstić information content (AvgIpc) is 2.86. The fourth-order valence-corrected chi connectivity index (χ4v) is 1.86. The van der Waals surface area contributed by atoms with Crippen molar-refractivity contribution in [3.05, 3.63) is 11.1 Å². The van der Waals surface area contributed by atoms with Gasteiger partial charge in [0.05, 0.1) is 12.1 Å². The number of ether oxygens (including phenoxy) is 3. The molecule has 1 aromatic carbocycles. The summed E-state index contributed by atoms with van der Waals surface area (Å²) in [6, 6.07) is 0.848. The number of nitrogens with zero attached hydrogens (tertiary/aromatic N) is 2. The van der Waals surface area contributed by atoms with E-state index in [4.69, 9.17) is 31.5 Å². The first-order chi connectivity index (χ1) is 9.93. The minimum absolute atomic E-state index is 0.0586. The molecular weight excluding hydrogens is 300 g/mol. The summed E-state index contributed by atoms with van der Waals surface area (Å²) in [5, 5.41) is 2.76. The summed E-state index contributed by atoms with van der Waals surface area (Å²) in [6.45, 7) is 0.0607. The first kappa shape index (κ1) is 15.0. The Morgan fingerprint density at radius 1 is 1.52 bits per heavy atom. The van der Waals surface area contributed by atoms with Crippen LogP contribution in [0.25, 0.3) is 0 Å². The lowest BCUT2D eigenvalue weighted by Crippen LogP contribution is -2.32. The van der Waals surface area contributed by atoms with Crippen molar-refractivity contribution in [3.8, 4) is 17.2 Å². The second kappa shape index (κ2) is 5.96. The number of rotatable bonds is 2. The monoisotopic (exact) mass is 314 g/mol. The fourth-order valence-electron chi connectivity index (χ4n) is 1.63. The van der Waals surface area contributed by atoms with E-state index in [9.17, 15) is 4.79 Å². The molecule has 0 aromatic heterocycles. The number of hydrogen-bond donors (Lipinski definition) is 2. The van der Waals surface area contributed by atoms with Gasteiger partial charge in [-0.1, -0.05) is 11.6 Å². The molecule has 114 valence electrons. The SMILES string of the molecule is COc1c(NC(=O)N=C(N)N(C)C)c(Cl)cc2c1OCO2. The maximum atomic E-state index is 11.9. The quantitative estimate of drug-likeness (QED) is 0.634. The molecule has 1 aliphatic heterocycles. The molecule has 0 aliphatic carbocycles. The van der Waals surface area contributed by atoms with Gasteiger partial charge in [-0.3, -0.25) is 0 Å². The van der Waals surface area contributed by atoms with Crippen LogP contribution in [0.15, 0.2) is 11.1 Å². The van der Waals surface area contributed by atoms with Crippen LogP contribution in [0.4, 0.5) is 10.5 Å². The van der Waals surface area contributed by atoms with Crippen molar-refractivity contribution in [1.29, 1.82) is 0 Å². The van der Waals surface area contributed by atoms with E-state index >= 15 is 0 Å². The molecule has 0 bridgehead atoms. The number of hydrogen-bond acceptors (Lipinski definition) is 4. The third-order valence-electron chi connectivity index (χ3n) is 2.68. The van der Waals surface area contributed by atoms with Crippen LogP contribution < -0.4 is 25.3 Å². The number of nitrogens with two attached hydrogens (primary N) is 1. The number of halogens is 1. The third kappa shape index (κ3) is 3.05. The molecule has 8 nitrogen and oxygen atoms in total. The molecule has 0 saturated heterocycles. The Morgan fingerprint density at radius 2 is 2.24 bits per heavy atom. The Morgan fingerprint density at radius 3 is 2.86 bits per heavy atom. The second-order valence-electron chi connectivity index (χ2n) is 4.30. The van der Waals surface area contributed by atoms with E-state index in [1.54, 1.807) is 14.1 Å². The first-order valence-electron chi connectivity index (χ1n) is 5.92. The topological polar surface area (TPSA) is 98.4 Å². The van der Waals surface area contributed by atoms with Gasteiger partial charge in [0.15, 0.2) is 17.5 Å². The normalized spacial score (nSPS) is 13.0. The largest absolute Gasteiger partial charge is 0.491 e. The number of fused-ring (bicyclic) bond motifs is 1. The Hall–Kier alpha value is -2.35. The minimum Gasteiger partial charge on any atom is -0.491 e. The number of benzene rings is 1. The van der Waals surface area contributed by atoms with E-state index in [1.807, 2.05) is 0 Å². The molecule has 1 aliphatic rings. The predicted molar refractivity (Wildman–Crippen MR) is 78.5 cm³/mol. The Bertz CT molecular complexity index is 603. The molecule has 2 amide bonds.